The predicted octanol–water partition coefficient (Wildman–Crippen LogP) is 3.98. The minimum atomic E-state index is 0. The summed E-state index contributed by atoms with van der Waals surface area (Å²) in [6.45, 7) is 4.03. The van der Waals surface area contributed by atoms with Gasteiger partial charge in [-0.15, -0.1) is 12.4 Å². The van der Waals surface area contributed by atoms with Crippen LogP contribution in [0.3, 0.4) is 0 Å². The molecule has 6 rings (SSSR count). The van der Waals surface area contributed by atoms with Gasteiger partial charge >= 0.3 is 0 Å². The molecule has 0 amide bonds. The first-order valence-electron chi connectivity index (χ1n) is 9.06. The van der Waals surface area contributed by atoms with E-state index in [0.29, 0.717) is 40.6 Å². The maximum Gasteiger partial charge on any atom is 0.200 e. The zero-order valence-corrected chi connectivity index (χ0v) is 15.3. The van der Waals surface area contributed by atoms with E-state index in [9.17, 15) is 4.79 Å². The van der Waals surface area contributed by atoms with Crippen molar-refractivity contribution in [2.45, 2.75) is 25.6 Å². The lowest BCUT2D eigenvalue weighted by Gasteiger charge is -2.44. The van der Waals surface area contributed by atoms with Crippen molar-refractivity contribution in [3.63, 3.8) is 0 Å². The van der Waals surface area contributed by atoms with Crippen molar-refractivity contribution >= 4 is 34.3 Å². The van der Waals surface area contributed by atoms with E-state index in [1.807, 2.05) is 42.5 Å². The summed E-state index contributed by atoms with van der Waals surface area (Å²) >= 11 is 0. The summed E-state index contributed by atoms with van der Waals surface area (Å²) in [5.41, 5.74) is 2.33. The number of benzene rings is 2. The average molecular weight is 372 g/mol. The normalized spacial score (nSPS) is 24.7. The molecule has 1 atom stereocenters. The Kier molecular flexibility index (Phi) is 4.74. The highest BCUT2D eigenvalue weighted by Gasteiger charge is 2.34. The summed E-state index contributed by atoms with van der Waals surface area (Å²) in [4.78, 5) is 15.2. The number of fused-ring (bicyclic) bond motifs is 5. The molecule has 0 N–H and O–H groups in total. The lowest BCUT2D eigenvalue weighted by molar-refractivity contribution is -0.0765. The van der Waals surface area contributed by atoms with Crippen molar-refractivity contribution in [1.29, 1.82) is 0 Å². The first-order valence-corrected chi connectivity index (χ1v) is 9.06. The Hall–Kier alpha value is -1.88. The number of ether oxygens (including phenoxy) is 1. The summed E-state index contributed by atoms with van der Waals surface area (Å²) in [6, 6.07) is 13.2. The number of hydrogen-bond acceptors (Lipinski definition) is 4. The number of piperidine rings is 3. The lowest BCUT2D eigenvalue weighted by atomic mass is 9.86. The molecule has 26 heavy (non-hydrogen) atoms. The van der Waals surface area contributed by atoms with Gasteiger partial charge in [-0.05, 0) is 61.7 Å². The molecule has 0 unspecified atom stereocenters. The third-order valence-corrected chi connectivity index (χ3v) is 5.70. The predicted molar refractivity (Wildman–Crippen MR) is 105 cm³/mol. The van der Waals surface area contributed by atoms with Crippen molar-refractivity contribution in [2.75, 3.05) is 19.6 Å². The van der Waals surface area contributed by atoms with Gasteiger partial charge in [0, 0.05) is 6.54 Å². The fourth-order valence-electron chi connectivity index (χ4n) is 4.24. The number of para-hydroxylation sites is 1. The SMILES string of the molecule is Cl.O=c1c2ccccc2oc2ccc(CO[C@H]3CN4CCC3CC4)cc12. The molecule has 136 valence electrons. The van der Waals surface area contributed by atoms with Gasteiger partial charge in [-0.1, -0.05) is 18.2 Å². The average Bonchev–Trinajstić information content (AvgIpc) is 2.68. The number of nitrogens with zero attached hydrogens (tertiary/aromatic N) is 1. The van der Waals surface area contributed by atoms with Crippen molar-refractivity contribution in [3.8, 4) is 0 Å². The van der Waals surface area contributed by atoms with Crippen LogP contribution in [-0.4, -0.2) is 30.6 Å². The number of hydrogen-bond donors (Lipinski definition) is 0. The minimum Gasteiger partial charge on any atom is -0.456 e. The smallest absolute Gasteiger partial charge is 0.200 e. The molecule has 1 aromatic heterocycles. The van der Waals surface area contributed by atoms with Crippen molar-refractivity contribution in [1.82, 2.24) is 4.90 Å². The molecule has 2 aromatic carbocycles. The van der Waals surface area contributed by atoms with Crippen LogP contribution in [-0.2, 0) is 11.3 Å². The first kappa shape index (κ1) is 17.5. The maximum atomic E-state index is 12.7. The third-order valence-electron chi connectivity index (χ3n) is 5.70. The zero-order chi connectivity index (χ0) is 16.8. The van der Waals surface area contributed by atoms with Gasteiger partial charge in [0.15, 0.2) is 0 Å². The van der Waals surface area contributed by atoms with Crippen LogP contribution in [0.1, 0.15) is 18.4 Å². The second-order valence-electron chi connectivity index (χ2n) is 7.25. The molecule has 4 nitrogen and oxygen atoms in total. The van der Waals surface area contributed by atoms with Crippen LogP contribution in [0.15, 0.2) is 51.7 Å². The molecule has 3 aliphatic rings. The summed E-state index contributed by atoms with van der Waals surface area (Å²) in [7, 11) is 0. The monoisotopic (exact) mass is 371 g/mol. The van der Waals surface area contributed by atoms with Crippen LogP contribution in [0.5, 0.6) is 0 Å². The zero-order valence-electron chi connectivity index (χ0n) is 14.5. The van der Waals surface area contributed by atoms with Crippen molar-refractivity contribution in [3.05, 3.63) is 58.3 Å². The largest absolute Gasteiger partial charge is 0.456 e. The van der Waals surface area contributed by atoms with E-state index in [1.165, 1.54) is 25.9 Å². The topological polar surface area (TPSA) is 42.7 Å². The van der Waals surface area contributed by atoms with E-state index in [4.69, 9.17) is 9.15 Å². The van der Waals surface area contributed by atoms with Crippen LogP contribution in [0.4, 0.5) is 0 Å². The van der Waals surface area contributed by atoms with Crippen LogP contribution in [0.2, 0.25) is 0 Å². The quantitative estimate of drug-likeness (QED) is 0.653. The molecule has 0 aliphatic carbocycles. The second kappa shape index (κ2) is 7.03. The molecule has 0 spiro atoms. The summed E-state index contributed by atoms with van der Waals surface area (Å²) in [6.07, 6.45) is 2.82. The van der Waals surface area contributed by atoms with Crippen LogP contribution < -0.4 is 5.43 Å². The molecule has 5 heteroatoms. The van der Waals surface area contributed by atoms with Gasteiger partial charge < -0.3 is 14.1 Å². The van der Waals surface area contributed by atoms with E-state index in [0.717, 1.165) is 12.1 Å². The Bertz CT molecular complexity index is 991. The van der Waals surface area contributed by atoms with E-state index < -0.39 is 0 Å². The van der Waals surface area contributed by atoms with Gasteiger partial charge in [0.25, 0.3) is 0 Å². The van der Waals surface area contributed by atoms with Gasteiger partial charge in [-0.25, -0.2) is 0 Å². The Balaban J connectivity index is 0.00000168. The maximum absolute atomic E-state index is 12.7. The molecular formula is C21H22ClNO3. The van der Waals surface area contributed by atoms with E-state index in [-0.39, 0.29) is 17.8 Å². The Labute approximate surface area is 158 Å². The van der Waals surface area contributed by atoms with Crippen LogP contribution in [0.25, 0.3) is 21.9 Å². The van der Waals surface area contributed by atoms with Crippen molar-refractivity contribution in [2.24, 2.45) is 5.92 Å². The van der Waals surface area contributed by atoms with Crippen LogP contribution in [0, 0.1) is 5.92 Å². The minimum absolute atomic E-state index is 0. The highest BCUT2D eigenvalue weighted by atomic mass is 35.5. The number of rotatable bonds is 3. The standard InChI is InChI=1S/C21H21NO3.ClH/c23-21-16-3-1-2-4-18(16)25-19-6-5-14(11-17(19)21)13-24-20-12-22-9-7-15(20)8-10-22;/h1-6,11,15,20H,7-10,12-13H2;1H/t20-;/m0./s1. The fraction of sp³-hybridized carbons (Fsp3) is 0.381. The molecule has 3 aromatic rings. The van der Waals surface area contributed by atoms with Gasteiger partial charge in [0.05, 0.1) is 23.5 Å². The molecule has 3 fully saturated rings. The van der Waals surface area contributed by atoms with Crippen LogP contribution >= 0.6 is 12.4 Å². The van der Waals surface area contributed by atoms with E-state index in [1.54, 1.807) is 0 Å². The van der Waals surface area contributed by atoms with E-state index in [2.05, 4.69) is 4.90 Å². The first-order chi connectivity index (χ1) is 12.3. The molecule has 0 saturated carbocycles. The van der Waals surface area contributed by atoms with Gasteiger partial charge in [0.1, 0.15) is 11.2 Å². The van der Waals surface area contributed by atoms with Gasteiger partial charge in [0.2, 0.25) is 5.43 Å². The highest BCUT2D eigenvalue weighted by molar-refractivity contribution is 5.89. The molecular weight excluding hydrogens is 350 g/mol. The Morgan fingerprint density at radius 3 is 2.58 bits per heavy atom. The molecule has 4 heterocycles. The summed E-state index contributed by atoms with van der Waals surface area (Å²) < 4.78 is 12.1. The van der Waals surface area contributed by atoms with Crippen molar-refractivity contribution < 1.29 is 9.15 Å². The molecule has 0 radical (unpaired) electrons. The summed E-state index contributed by atoms with van der Waals surface area (Å²) in [5, 5.41) is 1.26. The highest BCUT2D eigenvalue weighted by Crippen LogP contribution is 2.30. The molecule has 3 aliphatic heterocycles. The third kappa shape index (κ3) is 3.02. The fourth-order valence-corrected chi connectivity index (χ4v) is 4.24. The summed E-state index contributed by atoms with van der Waals surface area (Å²) in [5.74, 6) is 0.694. The van der Waals surface area contributed by atoms with E-state index >= 15 is 0 Å². The number of halogens is 1. The van der Waals surface area contributed by atoms with Gasteiger partial charge in [-0.3, -0.25) is 4.79 Å². The second-order valence-corrected chi connectivity index (χ2v) is 7.25. The Morgan fingerprint density at radius 1 is 1.04 bits per heavy atom. The molecule has 2 bridgehead atoms. The van der Waals surface area contributed by atoms with Gasteiger partial charge in [-0.2, -0.15) is 0 Å². The lowest BCUT2D eigenvalue weighted by Crippen LogP contribution is -2.51. The molecule has 3 saturated heterocycles. The Morgan fingerprint density at radius 2 is 1.81 bits per heavy atom.